The fourth-order valence-corrected chi connectivity index (χ4v) is 1.70. The second-order valence-electron chi connectivity index (χ2n) is 4.32. The molecule has 1 aromatic carbocycles. The van der Waals surface area contributed by atoms with Gasteiger partial charge in [0.2, 0.25) is 5.56 Å². The molecule has 20 heavy (non-hydrogen) atoms. The predicted octanol–water partition coefficient (Wildman–Crippen LogP) is 1.53. The minimum absolute atomic E-state index is 0.237. The van der Waals surface area contributed by atoms with E-state index in [1.54, 1.807) is 19.2 Å². The molecule has 1 aromatic heterocycles. The highest BCUT2D eigenvalue weighted by Crippen LogP contribution is 2.08. The second kappa shape index (κ2) is 6.56. The molecule has 1 amide bonds. The number of amides is 1. The summed E-state index contributed by atoms with van der Waals surface area (Å²) < 4.78 is 5.52. The lowest BCUT2D eigenvalue weighted by molar-refractivity contribution is 0.0767. The number of hydrogen-bond donors (Lipinski definition) is 1. The summed E-state index contributed by atoms with van der Waals surface area (Å²) in [5.41, 5.74) is -0.00973. The number of carbonyl (C=O) groups is 1. The zero-order valence-electron chi connectivity index (χ0n) is 11.2. The molecule has 2 aromatic rings. The van der Waals surface area contributed by atoms with Crippen LogP contribution in [-0.2, 0) is 0 Å². The summed E-state index contributed by atoms with van der Waals surface area (Å²) in [4.78, 5) is 27.2. The number of nitrogens with zero attached hydrogens (tertiary/aromatic N) is 1. The van der Waals surface area contributed by atoms with E-state index in [1.165, 1.54) is 11.0 Å². The van der Waals surface area contributed by atoms with Crippen molar-refractivity contribution in [2.75, 3.05) is 20.2 Å². The van der Waals surface area contributed by atoms with E-state index in [0.717, 1.165) is 5.75 Å². The number of aromatic amines is 1. The van der Waals surface area contributed by atoms with Crippen molar-refractivity contribution in [2.24, 2.45) is 0 Å². The second-order valence-corrected chi connectivity index (χ2v) is 4.32. The van der Waals surface area contributed by atoms with E-state index in [1.807, 2.05) is 30.3 Å². The molecule has 0 fully saturated rings. The van der Waals surface area contributed by atoms with Crippen molar-refractivity contribution in [3.8, 4) is 5.75 Å². The standard InChI is InChI=1S/C15H16N2O3/c1-17(10-11-20-12-6-3-2-4-7-12)15(19)13-8-5-9-14(18)16-13/h2-9H,10-11H2,1H3,(H,16,18). The Morgan fingerprint density at radius 2 is 1.90 bits per heavy atom. The van der Waals surface area contributed by atoms with Gasteiger partial charge in [-0.15, -0.1) is 0 Å². The van der Waals surface area contributed by atoms with E-state index in [0.29, 0.717) is 13.2 Å². The van der Waals surface area contributed by atoms with Gasteiger partial charge in [0.15, 0.2) is 0 Å². The molecule has 0 unspecified atom stereocenters. The molecule has 0 spiro atoms. The summed E-state index contributed by atoms with van der Waals surface area (Å²) >= 11 is 0. The van der Waals surface area contributed by atoms with Crippen molar-refractivity contribution in [3.05, 3.63) is 64.6 Å². The molecule has 0 aliphatic carbocycles. The maximum Gasteiger partial charge on any atom is 0.270 e. The van der Waals surface area contributed by atoms with Gasteiger partial charge in [0.25, 0.3) is 5.91 Å². The number of aromatic nitrogens is 1. The van der Waals surface area contributed by atoms with Gasteiger partial charge in [0.05, 0.1) is 6.54 Å². The number of likely N-dealkylation sites (N-methyl/N-ethyl adjacent to an activating group) is 1. The van der Waals surface area contributed by atoms with E-state index in [-0.39, 0.29) is 17.2 Å². The van der Waals surface area contributed by atoms with Gasteiger partial charge >= 0.3 is 0 Å². The lowest BCUT2D eigenvalue weighted by atomic mass is 10.3. The van der Waals surface area contributed by atoms with Crippen LogP contribution in [0.25, 0.3) is 0 Å². The van der Waals surface area contributed by atoms with E-state index in [2.05, 4.69) is 4.98 Å². The van der Waals surface area contributed by atoms with Crippen LogP contribution in [0.5, 0.6) is 5.75 Å². The molecule has 0 saturated carbocycles. The first-order valence-corrected chi connectivity index (χ1v) is 6.29. The quantitative estimate of drug-likeness (QED) is 0.897. The minimum Gasteiger partial charge on any atom is -0.492 e. The Hall–Kier alpha value is -2.56. The monoisotopic (exact) mass is 272 g/mol. The SMILES string of the molecule is CN(CCOc1ccccc1)C(=O)c1cccc(=O)[nH]1. The van der Waals surface area contributed by atoms with Crippen LogP contribution >= 0.6 is 0 Å². The smallest absolute Gasteiger partial charge is 0.270 e. The number of pyridine rings is 1. The first-order chi connectivity index (χ1) is 9.66. The predicted molar refractivity (Wildman–Crippen MR) is 76.0 cm³/mol. The fraction of sp³-hybridized carbons (Fsp3) is 0.200. The van der Waals surface area contributed by atoms with E-state index >= 15 is 0 Å². The third-order valence-corrected chi connectivity index (χ3v) is 2.78. The van der Waals surface area contributed by atoms with E-state index in [4.69, 9.17) is 4.74 Å². The van der Waals surface area contributed by atoms with Gasteiger partial charge in [-0.3, -0.25) is 9.59 Å². The molecule has 0 saturated heterocycles. The number of hydrogen-bond acceptors (Lipinski definition) is 3. The molecular weight excluding hydrogens is 256 g/mol. The Bertz CT molecular complexity index is 622. The van der Waals surface area contributed by atoms with Crippen LogP contribution in [-0.4, -0.2) is 36.0 Å². The highest BCUT2D eigenvalue weighted by molar-refractivity contribution is 5.91. The van der Waals surface area contributed by atoms with Gasteiger partial charge in [-0.2, -0.15) is 0 Å². The zero-order chi connectivity index (χ0) is 14.4. The van der Waals surface area contributed by atoms with Crippen molar-refractivity contribution in [1.82, 2.24) is 9.88 Å². The van der Waals surface area contributed by atoms with Gasteiger partial charge in [-0.1, -0.05) is 24.3 Å². The normalized spacial score (nSPS) is 10.1. The third-order valence-electron chi connectivity index (χ3n) is 2.78. The maximum atomic E-state index is 12.0. The first kappa shape index (κ1) is 13.9. The van der Waals surface area contributed by atoms with Crippen LogP contribution in [0.4, 0.5) is 0 Å². The van der Waals surface area contributed by atoms with E-state index in [9.17, 15) is 9.59 Å². The number of ether oxygens (including phenoxy) is 1. The Balaban J connectivity index is 1.87. The van der Waals surface area contributed by atoms with Crippen molar-refractivity contribution < 1.29 is 9.53 Å². The number of para-hydroxylation sites is 1. The topological polar surface area (TPSA) is 62.4 Å². The molecule has 0 bridgehead atoms. The summed E-state index contributed by atoms with van der Waals surface area (Å²) in [6, 6.07) is 13.9. The average molecular weight is 272 g/mol. The summed E-state index contributed by atoms with van der Waals surface area (Å²) in [7, 11) is 1.67. The first-order valence-electron chi connectivity index (χ1n) is 6.29. The van der Waals surface area contributed by atoms with Crippen LogP contribution < -0.4 is 10.3 Å². The summed E-state index contributed by atoms with van der Waals surface area (Å²) in [5.74, 6) is 0.529. The van der Waals surface area contributed by atoms with Crippen molar-refractivity contribution in [2.45, 2.75) is 0 Å². The number of rotatable bonds is 5. The number of carbonyl (C=O) groups excluding carboxylic acids is 1. The molecule has 2 rings (SSSR count). The maximum absolute atomic E-state index is 12.0. The molecule has 1 heterocycles. The summed E-state index contributed by atoms with van der Waals surface area (Å²) in [5, 5.41) is 0. The van der Waals surface area contributed by atoms with Gasteiger partial charge in [-0.25, -0.2) is 0 Å². The molecular formula is C15H16N2O3. The summed E-state index contributed by atoms with van der Waals surface area (Å²) in [6.07, 6.45) is 0. The highest BCUT2D eigenvalue weighted by Gasteiger charge is 2.12. The molecule has 5 heteroatoms. The summed E-state index contributed by atoms with van der Waals surface area (Å²) in [6.45, 7) is 0.827. The number of benzene rings is 1. The molecule has 5 nitrogen and oxygen atoms in total. The van der Waals surface area contributed by atoms with Crippen LogP contribution in [0.15, 0.2) is 53.3 Å². The van der Waals surface area contributed by atoms with Crippen LogP contribution in [0.2, 0.25) is 0 Å². The molecule has 0 aliphatic rings. The molecule has 104 valence electrons. The van der Waals surface area contributed by atoms with Gasteiger partial charge in [-0.05, 0) is 18.2 Å². The zero-order valence-corrected chi connectivity index (χ0v) is 11.2. The highest BCUT2D eigenvalue weighted by atomic mass is 16.5. The lowest BCUT2D eigenvalue weighted by Gasteiger charge is -2.17. The number of nitrogens with one attached hydrogen (secondary N) is 1. The molecule has 0 atom stereocenters. The molecule has 0 aliphatic heterocycles. The van der Waals surface area contributed by atoms with Crippen LogP contribution in [0.3, 0.4) is 0 Å². The van der Waals surface area contributed by atoms with Crippen LogP contribution in [0, 0.1) is 0 Å². The largest absolute Gasteiger partial charge is 0.492 e. The van der Waals surface area contributed by atoms with Gasteiger partial charge in [0.1, 0.15) is 18.1 Å². The Morgan fingerprint density at radius 1 is 1.15 bits per heavy atom. The van der Waals surface area contributed by atoms with Crippen LogP contribution in [0.1, 0.15) is 10.5 Å². The Labute approximate surface area is 116 Å². The molecule has 1 N–H and O–H groups in total. The van der Waals surface area contributed by atoms with Crippen molar-refractivity contribution in [1.29, 1.82) is 0 Å². The lowest BCUT2D eigenvalue weighted by Crippen LogP contribution is -2.32. The fourth-order valence-electron chi connectivity index (χ4n) is 1.70. The third kappa shape index (κ3) is 3.71. The van der Waals surface area contributed by atoms with E-state index < -0.39 is 0 Å². The number of H-pyrrole nitrogens is 1. The molecule has 0 radical (unpaired) electrons. The van der Waals surface area contributed by atoms with Gasteiger partial charge in [0, 0.05) is 13.1 Å². The minimum atomic E-state index is -0.287. The Morgan fingerprint density at radius 3 is 2.60 bits per heavy atom. The Kier molecular flexibility index (Phi) is 4.55. The average Bonchev–Trinajstić information content (AvgIpc) is 2.47. The van der Waals surface area contributed by atoms with Crippen molar-refractivity contribution in [3.63, 3.8) is 0 Å². The van der Waals surface area contributed by atoms with Crippen molar-refractivity contribution >= 4 is 5.91 Å². The van der Waals surface area contributed by atoms with Gasteiger partial charge < -0.3 is 14.6 Å².